The lowest BCUT2D eigenvalue weighted by Crippen LogP contribution is -2.25. The predicted octanol–water partition coefficient (Wildman–Crippen LogP) is 13.1. The van der Waals surface area contributed by atoms with Crippen LogP contribution < -0.4 is 0 Å². The molecule has 0 saturated carbocycles. The van der Waals surface area contributed by atoms with Gasteiger partial charge in [0.1, 0.15) is 34.9 Å². The van der Waals surface area contributed by atoms with Crippen LogP contribution >= 0.6 is 0 Å². The zero-order valence-corrected chi connectivity index (χ0v) is 29.6. The minimum Gasteiger partial charge on any atom is -0.338 e. The summed E-state index contributed by atoms with van der Waals surface area (Å²) in [5.74, 6) is -2.38. The normalized spacial score (nSPS) is 13.4. The molecular formula is C43H46F4N4. The molecule has 0 radical (unpaired) electrons. The smallest absolute Gasteiger partial charge is 0.144 e. The first-order valence-corrected chi connectivity index (χ1v) is 18.8. The van der Waals surface area contributed by atoms with E-state index in [4.69, 9.17) is 9.97 Å². The van der Waals surface area contributed by atoms with Crippen LogP contribution in [0.25, 0.3) is 56.0 Å². The Morgan fingerprint density at radius 2 is 0.882 bits per heavy atom. The highest BCUT2D eigenvalue weighted by Crippen LogP contribution is 2.56. The van der Waals surface area contributed by atoms with Crippen molar-refractivity contribution in [3.63, 3.8) is 0 Å². The van der Waals surface area contributed by atoms with Gasteiger partial charge in [-0.05, 0) is 83.6 Å². The molecule has 0 saturated heterocycles. The van der Waals surface area contributed by atoms with Crippen molar-refractivity contribution in [3.05, 3.63) is 95.1 Å². The average Bonchev–Trinajstić information content (AvgIpc) is 3.78. The number of H-pyrrole nitrogens is 2. The fraction of sp³-hybridized carbons (Fsp3) is 0.395. The number of nitrogens with zero attached hydrogens (tertiary/aromatic N) is 2. The van der Waals surface area contributed by atoms with Gasteiger partial charge in [-0.3, -0.25) is 0 Å². The molecule has 8 heteroatoms. The summed E-state index contributed by atoms with van der Waals surface area (Å²) in [4.78, 5) is 15.9. The Labute approximate surface area is 297 Å². The van der Waals surface area contributed by atoms with Crippen LogP contribution in [-0.2, 0) is 5.41 Å². The Morgan fingerprint density at radius 1 is 0.510 bits per heavy atom. The van der Waals surface area contributed by atoms with Gasteiger partial charge < -0.3 is 9.97 Å². The van der Waals surface area contributed by atoms with Crippen molar-refractivity contribution in [3.8, 4) is 33.9 Å². The average molecular weight is 695 g/mol. The van der Waals surface area contributed by atoms with Crippen molar-refractivity contribution in [2.24, 2.45) is 0 Å². The first kappa shape index (κ1) is 35.0. The highest BCUT2D eigenvalue weighted by Gasteiger charge is 2.43. The molecule has 51 heavy (non-hydrogen) atoms. The topological polar surface area (TPSA) is 57.4 Å². The van der Waals surface area contributed by atoms with Crippen molar-refractivity contribution in [2.45, 2.75) is 109 Å². The summed E-state index contributed by atoms with van der Waals surface area (Å²) in [5.41, 5.74) is 6.42. The molecule has 0 atom stereocenters. The molecule has 0 bridgehead atoms. The molecule has 6 aromatic rings. The van der Waals surface area contributed by atoms with Crippen molar-refractivity contribution >= 4 is 22.1 Å². The summed E-state index contributed by atoms with van der Waals surface area (Å²) >= 11 is 0. The number of hydrogen-bond acceptors (Lipinski definition) is 2. The number of aromatic nitrogens is 4. The van der Waals surface area contributed by atoms with E-state index in [-0.39, 0.29) is 28.2 Å². The Balaban J connectivity index is 1.37. The van der Waals surface area contributed by atoms with E-state index < -0.39 is 23.3 Å². The van der Waals surface area contributed by atoms with Gasteiger partial charge in [0.15, 0.2) is 0 Å². The van der Waals surface area contributed by atoms with E-state index >= 15 is 0 Å². The second kappa shape index (κ2) is 15.0. The van der Waals surface area contributed by atoms with Crippen LogP contribution in [0.4, 0.5) is 17.6 Å². The van der Waals surface area contributed by atoms with Gasteiger partial charge in [-0.2, -0.15) is 0 Å². The number of rotatable bonds is 16. The number of benzene rings is 4. The van der Waals surface area contributed by atoms with Crippen LogP contribution in [-0.4, -0.2) is 19.9 Å². The summed E-state index contributed by atoms with van der Waals surface area (Å²) in [6.45, 7) is 4.46. The van der Waals surface area contributed by atoms with Gasteiger partial charge in [0, 0.05) is 5.41 Å². The quantitative estimate of drug-likeness (QED) is 0.0783. The third kappa shape index (κ3) is 6.70. The fourth-order valence-electron chi connectivity index (χ4n) is 8.26. The fourth-order valence-corrected chi connectivity index (χ4v) is 8.26. The molecule has 266 valence electrons. The minimum atomic E-state index is -0.671. The molecule has 4 aromatic carbocycles. The van der Waals surface area contributed by atoms with Crippen LogP contribution in [0.3, 0.4) is 0 Å². The summed E-state index contributed by atoms with van der Waals surface area (Å²) < 4.78 is 59.6. The SMILES string of the molecule is CCCCCCCCC1(CCCCCCCC)c2cc3[nH]c(-c4c(F)cccc4F)nc3cc2-c2cc3nc(-c4c(F)cccc4F)[nH]c3cc21. The molecule has 2 heterocycles. The third-order valence-corrected chi connectivity index (χ3v) is 10.9. The number of fused-ring (bicyclic) bond motifs is 5. The zero-order chi connectivity index (χ0) is 35.5. The first-order valence-electron chi connectivity index (χ1n) is 18.8. The van der Waals surface area contributed by atoms with Gasteiger partial charge >= 0.3 is 0 Å². The Hall–Kier alpha value is -4.46. The van der Waals surface area contributed by atoms with E-state index in [0.29, 0.717) is 11.0 Å². The lowest BCUT2D eigenvalue weighted by molar-refractivity contribution is 0.398. The Bertz CT molecular complexity index is 1970. The molecule has 0 aliphatic heterocycles. The van der Waals surface area contributed by atoms with Crippen LogP contribution in [0.15, 0.2) is 60.7 Å². The number of aromatic amines is 2. The summed E-state index contributed by atoms with van der Waals surface area (Å²) in [7, 11) is 0. The molecular weight excluding hydrogens is 648 g/mol. The monoisotopic (exact) mass is 694 g/mol. The van der Waals surface area contributed by atoms with Crippen molar-refractivity contribution < 1.29 is 17.6 Å². The van der Waals surface area contributed by atoms with E-state index in [1.54, 1.807) is 0 Å². The van der Waals surface area contributed by atoms with E-state index in [1.807, 2.05) is 12.1 Å². The zero-order valence-electron chi connectivity index (χ0n) is 29.6. The standard InChI is InChI=1S/C43H46F4N4/c1-3-5-7-9-11-13-21-43(22-14-12-10-8-6-4-2)29-25-37-35(48-41(50-37)39-31(44)17-15-18-32(39)45)23-27(29)28-24-36-38(26-30(28)43)51-42(49-36)40-33(46)19-16-20-34(40)47/h15-20,23-26H,3-14,21-22H2,1-2H3,(H,48,50)(H,49,51). The number of halogens is 4. The molecule has 1 aliphatic carbocycles. The van der Waals surface area contributed by atoms with Gasteiger partial charge in [-0.1, -0.05) is 103 Å². The second-order valence-electron chi connectivity index (χ2n) is 14.3. The molecule has 2 aromatic heterocycles. The van der Waals surface area contributed by atoms with Crippen molar-refractivity contribution in [2.75, 3.05) is 0 Å². The van der Waals surface area contributed by atoms with Crippen LogP contribution in [0.1, 0.15) is 115 Å². The first-order chi connectivity index (χ1) is 24.8. The van der Waals surface area contributed by atoms with Crippen LogP contribution in [0.2, 0.25) is 0 Å². The summed E-state index contributed by atoms with van der Waals surface area (Å²) in [5, 5.41) is 0. The van der Waals surface area contributed by atoms with E-state index in [1.165, 1.54) is 98.9 Å². The molecule has 7 rings (SSSR count). The maximum Gasteiger partial charge on any atom is 0.144 e. The Morgan fingerprint density at radius 3 is 1.27 bits per heavy atom. The third-order valence-electron chi connectivity index (χ3n) is 10.9. The van der Waals surface area contributed by atoms with Crippen LogP contribution in [0.5, 0.6) is 0 Å². The Kier molecular flexibility index (Phi) is 10.3. The highest BCUT2D eigenvalue weighted by molar-refractivity contribution is 5.96. The van der Waals surface area contributed by atoms with Gasteiger partial charge in [0.25, 0.3) is 0 Å². The van der Waals surface area contributed by atoms with Crippen molar-refractivity contribution in [1.29, 1.82) is 0 Å². The number of imidazole rings is 2. The molecule has 2 N–H and O–H groups in total. The largest absolute Gasteiger partial charge is 0.338 e. The summed E-state index contributed by atoms with van der Waals surface area (Å²) in [6, 6.07) is 16.0. The maximum atomic E-state index is 14.9. The van der Waals surface area contributed by atoms with E-state index in [0.717, 1.165) is 60.7 Å². The predicted molar refractivity (Wildman–Crippen MR) is 199 cm³/mol. The molecule has 0 amide bonds. The number of nitrogens with one attached hydrogen (secondary N) is 2. The lowest BCUT2D eigenvalue weighted by atomic mass is 9.70. The van der Waals surface area contributed by atoms with Gasteiger partial charge in [-0.25, -0.2) is 27.5 Å². The van der Waals surface area contributed by atoms with E-state index in [2.05, 4.69) is 35.9 Å². The number of hydrogen-bond donors (Lipinski definition) is 2. The summed E-state index contributed by atoms with van der Waals surface area (Å²) in [6.07, 6.45) is 15.9. The van der Waals surface area contributed by atoms with Crippen molar-refractivity contribution in [1.82, 2.24) is 19.9 Å². The van der Waals surface area contributed by atoms with Gasteiger partial charge in [0.05, 0.1) is 33.2 Å². The maximum absolute atomic E-state index is 14.9. The molecule has 0 fully saturated rings. The molecule has 1 aliphatic rings. The van der Waals surface area contributed by atoms with Gasteiger partial charge in [-0.15, -0.1) is 0 Å². The molecule has 0 unspecified atom stereocenters. The van der Waals surface area contributed by atoms with E-state index in [9.17, 15) is 17.6 Å². The molecule has 4 nitrogen and oxygen atoms in total. The number of unbranched alkanes of at least 4 members (excludes halogenated alkanes) is 10. The minimum absolute atomic E-state index is 0.154. The second-order valence-corrected chi connectivity index (χ2v) is 14.3. The van der Waals surface area contributed by atoms with Gasteiger partial charge in [0.2, 0.25) is 0 Å². The lowest BCUT2D eigenvalue weighted by Gasteiger charge is -2.33. The van der Waals surface area contributed by atoms with Crippen LogP contribution in [0, 0.1) is 23.3 Å². The highest BCUT2D eigenvalue weighted by atomic mass is 19.1. The molecule has 0 spiro atoms.